The van der Waals surface area contributed by atoms with Gasteiger partial charge in [0.2, 0.25) is 0 Å². The SMILES string of the molecule is CCS[C@@H]1C[C@H](O)C(CO)(CO)C1. The van der Waals surface area contributed by atoms with Gasteiger partial charge in [0.05, 0.1) is 19.3 Å². The summed E-state index contributed by atoms with van der Waals surface area (Å²) in [5.74, 6) is 1.02. The fourth-order valence-electron chi connectivity index (χ4n) is 1.92. The quantitative estimate of drug-likeness (QED) is 0.616. The largest absolute Gasteiger partial charge is 0.396 e. The van der Waals surface area contributed by atoms with Gasteiger partial charge >= 0.3 is 0 Å². The zero-order valence-electron chi connectivity index (χ0n) is 7.94. The first-order valence-corrected chi connectivity index (χ1v) is 5.74. The fourth-order valence-corrected chi connectivity index (χ4v) is 3.16. The topological polar surface area (TPSA) is 60.7 Å². The molecule has 4 heteroatoms. The number of hydrogen-bond donors (Lipinski definition) is 3. The molecule has 78 valence electrons. The lowest BCUT2D eigenvalue weighted by atomic mass is 9.86. The summed E-state index contributed by atoms with van der Waals surface area (Å²) in [6.45, 7) is 1.84. The molecule has 3 N–H and O–H groups in total. The van der Waals surface area contributed by atoms with Crippen molar-refractivity contribution < 1.29 is 15.3 Å². The second-order valence-corrected chi connectivity index (χ2v) is 5.29. The van der Waals surface area contributed by atoms with Gasteiger partial charge in [0.1, 0.15) is 0 Å². The zero-order valence-corrected chi connectivity index (χ0v) is 8.76. The van der Waals surface area contributed by atoms with Crippen LogP contribution in [0.5, 0.6) is 0 Å². The maximum Gasteiger partial charge on any atom is 0.0651 e. The first-order valence-electron chi connectivity index (χ1n) is 4.70. The molecule has 0 aliphatic heterocycles. The molecule has 0 amide bonds. The lowest BCUT2D eigenvalue weighted by Gasteiger charge is -2.27. The molecule has 1 aliphatic rings. The van der Waals surface area contributed by atoms with E-state index in [1.165, 1.54) is 0 Å². The zero-order chi connectivity index (χ0) is 9.90. The van der Waals surface area contributed by atoms with Crippen LogP contribution in [-0.2, 0) is 0 Å². The standard InChI is InChI=1S/C9H18O3S/c1-2-13-7-3-8(12)9(4-7,5-10)6-11/h7-8,10-12H,2-6H2,1H3/t7-,8+/m1/s1. The van der Waals surface area contributed by atoms with Crippen molar-refractivity contribution in [3.05, 3.63) is 0 Å². The Balaban J connectivity index is 2.58. The van der Waals surface area contributed by atoms with Gasteiger partial charge in [-0.25, -0.2) is 0 Å². The first-order chi connectivity index (χ1) is 6.18. The van der Waals surface area contributed by atoms with Crippen LogP contribution in [0.2, 0.25) is 0 Å². The number of hydrogen-bond acceptors (Lipinski definition) is 4. The average Bonchev–Trinajstić information content (AvgIpc) is 2.44. The molecule has 0 radical (unpaired) electrons. The van der Waals surface area contributed by atoms with E-state index in [2.05, 4.69) is 6.92 Å². The van der Waals surface area contributed by atoms with Crippen LogP contribution in [0.25, 0.3) is 0 Å². The Bertz CT molecular complexity index is 159. The highest BCUT2D eigenvalue weighted by Crippen LogP contribution is 2.42. The van der Waals surface area contributed by atoms with Crippen molar-refractivity contribution >= 4 is 11.8 Å². The van der Waals surface area contributed by atoms with E-state index in [9.17, 15) is 5.11 Å². The van der Waals surface area contributed by atoms with E-state index < -0.39 is 11.5 Å². The van der Waals surface area contributed by atoms with Crippen molar-refractivity contribution in [1.29, 1.82) is 0 Å². The summed E-state index contributed by atoms with van der Waals surface area (Å²) < 4.78 is 0. The van der Waals surface area contributed by atoms with Crippen molar-refractivity contribution in [2.45, 2.75) is 31.1 Å². The van der Waals surface area contributed by atoms with Gasteiger partial charge in [-0.1, -0.05) is 6.92 Å². The van der Waals surface area contributed by atoms with Crippen LogP contribution >= 0.6 is 11.8 Å². The Morgan fingerprint density at radius 2 is 2.00 bits per heavy atom. The van der Waals surface area contributed by atoms with Gasteiger partial charge in [-0.3, -0.25) is 0 Å². The van der Waals surface area contributed by atoms with E-state index in [0.717, 1.165) is 12.2 Å². The first kappa shape index (κ1) is 11.3. The second-order valence-electron chi connectivity index (χ2n) is 3.71. The van der Waals surface area contributed by atoms with Crippen molar-refractivity contribution in [2.24, 2.45) is 5.41 Å². The van der Waals surface area contributed by atoms with E-state index in [4.69, 9.17) is 10.2 Å². The minimum Gasteiger partial charge on any atom is -0.396 e. The number of aliphatic hydroxyl groups is 3. The molecule has 0 aromatic carbocycles. The minimum atomic E-state index is -0.646. The number of aliphatic hydroxyl groups excluding tert-OH is 3. The van der Waals surface area contributed by atoms with Gasteiger partial charge in [0.25, 0.3) is 0 Å². The average molecular weight is 206 g/mol. The summed E-state index contributed by atoms with van der Waals surface area (Å²) in [5.41, 5.74) is -0.646. The van der Waals surface area contributed by atoms with E-state index >= 15 is 0 Å². The third kappa shape index (κ3) is 2.18. The third-order valence-corrected chi connectivity index (χ3v) is 4.02. The van der Waals surface area contributed by atoms with Gasteiger partial charge in [0.15, 0.2) is 0 Å². The highest BCUT2D eigenvalue weighted by atomic mass is 32.2. The summed E-state index contributed by atoms with van der Waals surface area (Å²) in [6.07, 6.45) is 0.866. The van der Waals surface area contributed by atoms with Crippen LogP contribution in [-0.4, -0.2) is 45.6 Å². The summed E-state index contributed by atoms with van der Waals surface area (Å²) >= 11 is 1.79. The maximum atomic E-state index is 9.70. The van der Waals surface area contributed by atoms with Crippen LogP contribution in [0.1, 0.15) is 19.8 Å². The molecule has 0 saturated heterocycles. The highest BCUT2D eigenvalue weighted by Gasteiger charge is 2.45. The molecule has 0 aromatic heterocycles. The van der Waals surface area contributed by atoms with E-state index in [1.807, 2.05) is 0 Å². The second kappa shape index (κ2) is 4.64. The molecule has 0 heterocycles. The Labute approximate surface area is 83.2 Å². The minimum absolute atomic E-state index is 0.120. The molecule has 0 bridgehead atoms. The van der Waals surface area contributed by atoms with Crippen molar-refractivity contribution in [2.75, 3.05) is 19.0 Å². The third-order valence-electron chi connectivity index (χ3n) is 2.86. The Morgan fingerprint density at radius 3 is 2.38 bits per heavy atom. The molecule has 1 aliphatic carbocycles. The summed E-state index contributed by atoms with van der Waals surface area (Å²) in [5, 5.41) is 28.4. The van der Waals surface area contributed by atoms with Gasteiger partial charge in [-0.2, -0.15) is 11.8 Å². The molecular weight excluding hydrogens is 188 g/mol. The lowest BCUT2D eigenvalue weighted by Crippen LogP contribution is -2.37. The molecule has 3 nitrogen and oxygen atoms in total. The van der Waals surface area contributed by atoms with Crippen LogP contribution < -0.4 is 0 Å². The lowest BCUT2D eigenvalue weighted by molar-refractivity contribution is -0.0313. The predicted octanol–water partition coefficient (Wildman–Crippen LogP) is 0.234. The van der Waals surface area contributed by atoms with Crippen molar-refractivity contribution in [3.8, 4) is 0 Å². The van der Waals surface area contributed by atoms with Crippen LogP contribution in [0.3, 0.4) is 0 Å². The molecule has 1 rings (SSSR count). The molecule has 1 saturated carbocycles. The van der Waals surface area contributed by atoms with Crippen molar-refractivity contribution in [1.82, 2.24) is 0 Å². The Hall–Kier alpha value is 0.230. The molecule has 0 unspecified atom stereocenters. The maximum absolute atomic E-state index is 9.70. The monoisotopic (exact) mass is 206 g/mol. The molecule has 0 aromatic rings. The van der Waals surface area contributed by atoms with Gasteiger partial charge in [-0.15, -0.1) is 0 Å². The molecule has 0 spiro atoms. The summed E-state index contributed by atoms with van der Waals surface area (Å²) in [7, 11) is 0. The highest BCUT2D eigenvalue weighted by molar-refractivity contribution is 7.99. The number of rotatable bonds is 4. The Morgan fingerprint density at radius 1 is 1.38 bits per heavy atom. The predicted molar refractivity (Wildman–Crippen MR) is 53.8 cm³/mol. The van der Waals surface area contributed by atoms with E-state index in [0.29, 0.717) is 11.7 Å². The summed E-state index contributed by atoms with van der Waals surface area (Å²) in [6, 6.07) is 0. The van der Waals surface area contributed by atoms with Gasteiger partial charge < -0.3 is 15.3 Å². The van der Waals surface area contributed by atoms with Gasteiger partial charge in [0, 0.05) is 10.7 Å². The number of thioether (sulfide) groups is 1. The molecule has 13 heavy (non-hydrogen) atoms. The molecular formula is C9H18O3S. The van der Waals surface area contributed by atoms with Crippen LogP contribution in [0, 0.1) is 5.41 Å². The molecule has 2 atom stereocenters. The van der Waals surface area contributed by atoms with Crippen LogP contribution in [0.15, 0.2) is 0 Å². The fraction of sp³-hybridized carbons (Fsp3) is 1.00. The molecule has 1 fully saturated rings. The van der Waals surface area contributed by atoms with Crippen molar-refractivity contribution in [3.63, 3.8) is 0 Å². The normalized spacial score (nSPS) is 32.3. The Kier molecular flexibility index (Phi) is 4.04. The van der Waals surface area contributed by atoms with E-state index in [-0.39, 0.29) is 13.2 Å². The summed E-state index contributed by atoms with van der Waals surface area (Å²) in [4.78, 5) is 0. The van der Waals surface area contributed by atoms with Crippen LogP contribution in [0.4, 0.5) is 0 Å². The van der Waals surface area contributed by atoms with Gasteiger partial charge in [-0.05, 0) is 18.6 Å². The van der Waals surface area contributed by atoms with E-state index in [1.54, 1.807) is 11.8 Å². The smallest absolute Gasteiger partial charge is 0.0651 e.